The molecule has 0 aliphatic carbocycles. The van der Waals surface area contributed by atoms with Crippen molar-refractivity contribution in [2.24, 2.45) is 0 Å². The maximum atomic E-state index is 12.2. The van der Waals surface area contributed by atoms with Crippen LogP contribution in [0, 0.1) is 0 Å². The fourth-order valence-corrected chi connectivity index (χ4v) is 1.30. The minimum Gasteiger partial charge on any atom is -0.384 e. The molecule has 0 aromatic heterocycles. The molecule has 110 valence electrons. The number of ether oxygens (including phenoxy) is 1. The van der Waals surface area contributed by atoms with Crippen LogP contribution in [-0.2, 0) is 14.3 Å². The molecule has 0 unspecified atom stereocenters. The maximum Gasteiger partial charge on any atom is 0.471 e. The molecule has 1 aromatic carbocycles. The van der Waals surface area contributed by atoms with Crippen LogP contribution in [0.4, 0.5) is 24.5 Å². The number of hydrogen-bond donors (Lipinski definition) is 2. The molecule has 0 bridgehead atoms. The lowest BCUT2D eigenvalue weighted by Crippen LogP contribution is -2.30. The van der Waals surface area contributed by atoms with Crippen LogP contribution in [0.1, 0.15) is 6.42 Å². The van der Waals surface area contributed by atoms with E-state index >= 15 is 0 Å². The second-order valence-corrected chi connectivity index (χ2v) is 3.79. The summed E-state index contributed by atoms with van der Waals surface area (Å²) in [4.78, 5) is 22.4. The van der Waals surface area contributed by atoms with E-state index in [-0.39, 0.29) is 24.4 Å². The van der Waals surface area contributed by atoms with Gasteiger partial charge in [-0.2, -0.15) is 13.2 Å². The van der Waals surface area contributed by atoms with Crippen molar-refractivity contribution < 1.29 is 27.5 Å². The van der Waals surface area contributed by atoms with Crippen LogP contribution in [0.5, 0.6) is 0 Å². The fourth-order valence-electron chi connectivity index (χ4n) is 1.30. The van der Waals surface area contributed by atoms with E-state index in [9.17, 15) is 22.8 Å². The van der Waals surface area contributed by atoms with E-state index in [1.54, 1.807) is 5.32 Å². The molecule has 0 saturated carbocycles. The van der Waals surface area contributed by atoms with Crippen LogP contribution in [0.3, 0.4) is 0 Å². The van der Waals surface area contributed by atoms with Crippen molar-refractivity contribution in [1.29, 1.82) is 0 Å². The van der Waals surface area contributed by atoms with Gasteiger partial charge in [-0.3, -0.25) is 9.59 Å². The highest BCUT2D eigenvalue weighted by atomic mass is 19.4. The fraction of sp³-hybridized carbons (Fsp3) is 0.333. The predicted octanol–water partition coefficient (Wildman–Crippen LogP) is 2.16. The number of amides is 2. The summed E-state index contributed by atoms with van der Waals surface area (Å²) in [5.74, 6) is -2.53. The molecule has 0 fully saturated rings. The summed E-state index contributed by atoms with van der Waals surface area (Å²) in [5.41, 5.74) is -0.0354. The van der Waals surface area contributed by atoms with Gasteiger partial charge in [-0.25, -0.2) is 0 Å². The lowest BCUT2D eigenvalue weighted by Gasteiger charge is -2.13. The smallest absolute Gasteiger partial charge is 0.384 e. The quantitative estimate of drug-likeness (QED) is 0.873. The molecule has 5 nitrogen and oxygen atoms in total. The van der Waals surface area contributed by atoms with E-state index in [1.807, 2.05) is 0 Å². The van der Waals surface area contributed by atoms with Gasteiger partial charge in [0.15, 0.2) is 0 Å². The average molecular weight is 290 g/mol. The van der Waals surface area contributed by atoms with Crippen molar-refractivity contribution in [3.63, 3.8) is 0 Å². The van der Waals surface area contributed by atoms with Crippen molar-refractivity contribution in [3.8, 4) is 0 Å². The SMILES string of the molecule is COCCC(=O)Nc1ccccc1NC(=O)C(F)(F)F. The summed E-state index contributed by atoms with van der Waals surface area (Å²) in [6.07, 6.45) is -4.94. The number of halogens is 3. The Morgan fingerprint density at radius 2 is 1.70 bits per heavy atom. The van der Waals surface area contributed by atoms with Gasteiger partial charge in [-0.1, -0.05) is 12.1 Å². The van der Waals surface area contributed by atoms with E-state index in [1.165, 1.54) is 31.4 Å². The molecule has 0 saturated heterocycles. The molecule has 1 rings (SSSR count). The second-order valence-electron chi connectivity index (χ2n) is 3.79. The van der Waals surface area contributed by atoms with E-state index in [0.717, 1.165) is 0 Å². The third-order valence-electron chi connectivity index (χ3n) is 2.24. The number of alkyl halides is 3. The number of nitrogens with one attached hydrogen (secondary N) is 2. The monoisotopic (exact) mass is 290 g/mol. The molecule has 0 spiro atoms. The Bertz CT molecular complexity index is 489. The van der Waals surface area contributed by atoms with E-state index < -0.39 is 18.0 Å². The molecule has 2 N–H and O–H groups in total. The van der Waals surface area contributed by atoms with Gasteiger partial charge in [0.05, 0.1) is 24.4 Å². The minimum absolute atomic E-state index is 0.0536. The van der Waals surface area contributed by atoms with Crippen LogP contribution >= 0.6 is 0 Å². The number of carbonyl (C=O) groups is 2. The predicted molar refractivity (Wildman–Crippen MR) is 66.2 cm³/mol. The van der Waals surface area contributed by atoms with Crippen LogP contribution in [0.2, 0.25) is 0 Å². The Kier molecular flexibility index (Phi) is 5.51. The molecule has 0 aliphatic rings. The van der Waals surface area contributed by atoms with Crippen LogP contribution in [0.25, 0.3) is 0 Å². The first-order valence-electron chi connectivity index (χ1n) is 5.60. The molecule has 0 radical (unpaired) electrons. The third kappa shape index (κ3) is 4.88. The number of methoxy groups -OCH3 is 1. The largest absolute Gasteiger partial charge is 0.471 e. The molecular formula is C12H13F3N2O3. The first-order chi connectivity index (χ1) is 9.34. The summed E-state index contributed by atoms with van der Waals surface area (Å²) in [6.45, 7) is 0.183. The zero-order valence-corrected chi connectivity index (χ0v) is 10.6. The normalized spacial score (nSPS) is 11.0. The van der Waals surface area contributed by atoms with E-state index in [0.29, 0.717) is 0 Å². The molecule has 0 heterocycles. The Balaban J connectivity index is 2.78. The number of rotatable bonds is 5. The first kappa shape index (κ1) is 16.0. The zero-order valence-electron chi connectivity index (χ0n) is 10.6. The first-order valence-corrected chi connectivity index (χ1v) is 5.60. The highest BCUT2D eigenvalue weighted by Crippen LogP contribution is 2.24. The van der Waals surface area contributed by atoms with Gasteiger partial charge in [0.1, 0.15) is 0 Å². The highest BCUT2D eigenvalue weighted by Gasteiger charge is 2.38. The molecular weight excluding hydrogens is 277 g/mol. The number of para-hydroxylation sites is 2. The molecule has 1 aromatic rings. The van der Waals surface area contributed by atoms with Crippen LogP contribution in [-0.4, -0.2) is 31.7 Å². The zero-order chi connectivity index (χ0) is 15.2. The van der Waals surface area contributed by atoms with Gasteiger partial charge in [0.25, 0.3) is 0 Å². The standard InChI is InChI=1S/C12H13F3N2O3/c1-20-7-6-10(18)16-8-4-2-3-5-9(8)17-11(19)12(13,14)15/h2-5H,6-7H2,1H3,(H,16,18)(H,17,19). The molecule has 20 heavy (non-hydrogen) atoms. The number of anilines is 2. The molecule has 0 aliphatic heterocycles. The van der Waals surface area contributed by atoms with Gasteiger partial charge in [-0.15, -0.1) is 0 Å². The van der Waals surface area contributed by atoms with Crippen LogP contribution < -0.4 is 10.6 Å². The summed E-state index contributed by atoms with van der Waals surface area (Å²) in [6, 6.07) is 5.61. The highest BCUT2D eigenvalue weighted by molar-refractivity contribution is 6.01. The van der Waals surface area contributed by atoms with Gasteiger partial charge >= 0.3 is 12.1 Å². The maximum absolute atomic E-state index is 12.2. The van der Waals surface area contributed by atoms with Crippen molar-refractivity contribution in [1.82, 2.24) is 0 Å². The Labute approximate surface area is 113 Å². The lowest BCUT2D eigenvalue weighted by molar-refractivity contribution is -0.167. The summed E-state index contributed by atoms with van der Waals surface area (Å²) >= 11 is 0. The number of benzene rings is 1. The summed E-state index contributed by atoms with van der Waals surface area (Å²) < 4.78 is 41.2. The molecule has 8 heteroatoms. The summed E-state index contributed by atoms with van der Waals surface area (Å²) in [5, 5.41) is 4.10. The third-order valence-corrected chi connectivity index (χ3v) is 2.24. The topological polar surface area (TPSA) is 67.4 Å². The number of carbonyl (C=O) groups excluding carboxylic acids is 2. The second kappa shape index (κ2) is 6.90. The van der Waals surface area contributed by atoms with Crippen molar-refractivity contribution in [2.45, 2.75) is 12.6 Å². The summed E-state index contributed by atoms with van der Waals surface area (Å²) in [7, 11) is 1.42. The van der Waals surface area contributed by atoms with Crippen LogP contribution in [0.15, 0.2) is 24.3 Å². The number of hydrogen-bond acceptors (Lipinski definition) is 3. The van der Waals surface area contributed by atoms with Gasteiger partial charge < -0.3 is 15.4 Å². The van der Waals surface area contributed by atoms with E-state index in [4.69, 9.17) is 4.74 Å². The van der Waals surface area contributed by atoms with Crippen molar-refractivity contribution >= 4 is 23.2 Å². The van der Waals surface area contributed by atoms with Gasteiger partial charge in [0.2, 0.25) is 5.91 Å². The van der Waals surface area contributed by atoms with Gasteiger partial charge in [0, 0.05) is 7.11 Å². The lowest BCUT2D eigenvalue weighted by atomic mass is 10.2. The molecule has 2 amide bonds. The Morgan fingerprint density at radius 3 is 2.20 bits per heavy atom. The molecule has 0 atom stereocenters. The van der Waals surface area contributed by atoms with Gasteiger partial charge in [-0.05, 0) is 12.1 Å². The minimum atomic E-state index is -4.99. The Morgan fingerprint density at radius 1 is 1.15 bits per heavy atom. The van der Waals surface area contributed by atoms with E-state index in [2.05, 4.69) is 5.32 Å². The Hall–Kier alpha value is -2.09. The van der Waals surface area contributed by atoms with Crippen molar-refractivity contribution in [3.05, 3.63) is 24.3 Å². The average Bonchev–Trinajstić information content (AvgIpc) is 2.37. The van der Waals surface area contributed by atoms with Crippen molar-refractivity contribution in [2.75, 3.05) is 24.4 Å².